The third-order valence-electron chi connectivity index (χ3n) is 5.90. The largest absolute Gasteiger partial charge is 0.370 e. The number of anilines is 2. The molecule has 0 unspecified atom stereocenters. The van der Waals surface area contributed by atoms with Crippen LogP contribution in [-0.2, 0) is 14.3 Å². The number of ether oxygens (including phenoxy) is 1. The zero-order valence-corrected chi connectivity index (χ0v) is 18.5. The van der Waals surface area contributed by atoms with Crippen molar-refractivity contribution in [2.24, 2.45) is 0 Å². The van der Waals surface area contributed by atoms with Crippen LogP contribution in [0.15, 0.2) is 30.7 Å². The van der Waals surface area contributed by atoms with E-state index in [9.17, 15) is 9.59 Å². The molecule has 9 heteroatoms. The molecule has 2 aromatic rings. The van der Waals surface area contributed by atoms with Gasteiger partial charge in [0.25, 0.3) is 0 Å². The maximum atomic E-state index is 12.7. The number of rotatable bonds is 8. The highest BCUT2D eigenvalue weighted by Gasteiger charge is 2.26. The van der Waals surface area contributed by atoms with Gasteiger partial charge in [0.1, 0.15) is 12.4 Å². The van der Waals surface area contributed by atoms with Crippen LogP contribution in [0.25, 0.3) is 0 Å². The molecule has 2 aliphatic heterocycles. The van der Waals surface area contributed by atoms with Crippen LogP contribution >= 0.6 is 0 Å². The van der Waals surface area contributed by atoms with Gasteiger partial charge in [0, 0.05) is 68.0 Å². The van der Waals surface area contributed by atoms with Gasteiger partial charge in [0.15, 0.2) is 0 Å². The quantitative estimate of drug-likeness (QED) is 0.631. The monoisotopic (exact) mass is 438 g/mol. The topological polar surface area (TPSA) is 101 Å². The molecule has 2 amide bonds. The Balaban J connectivity index is 1.31. The Morgan fingerprint density at radius 1 is 1.25 bits per heavy atom. The third-order valence-corrected chi connectivity index (χ3v) is 5.90. The van der Waals surface area contributed by atoms with Crippen LogP contribution in [0.1, 0.15) is 43.0 Å². The van der Waals surface area contributed by atoms with Gasteiger partial charge in [-0.2, -0.15) is 0 Å². The zero-order valence-electron chi connectivity index (χ0n) is 18.5. The van der Waals surface area contributed by atoms with Crippen LogP contribution in [0.4, 0.5) is 11.5 Å². The summed E-state index contributed by atoms with van der Waals surface area (Å²) in [7, 11) is 0. The number of aromatic nitrogens is 3. The molecule has 32 heavy (non-hydrogen) atoms. The standard InChI is InChI=1S/C23H30N6O3/c1-17-12-19(27-21-14-24-6-7-25-21)13-20(26-17)18-4-2-9-29(15-18)23(31)16-32-11-10-28-8-3-5-22(28)30/h6-7,12-14,18H,2-5,8-11,15-16H2,1H3,(H,25,26,27)/t18-/m0/s1. The van der Waals surface area contributed by atoms with E-state index in [2.05, 4.69) is 15.3 Å². The Kier molecular flexibility index (Phi) is 7.26. The van der Waals surface area contributed by atoms with Crippen molar-refractivity contribution in [3.8, 4) is 0 Å². The van der Waals surface area contributed by atoms with Gasteiger partial charge in [-0.25, -0.2) is 4.98 Å². The van der Waals surface area contributed by atoms with E-state index in [4.69, 9.17) is 9.72 Å². The summed E-state index contributed by atoms with van der Waals surface area (Å²) >= 11 is 0. The van der Waals surface area contributed by atoms with Gasteiger partial charge in [-0.05, 0) is 38.3 Å². The fraction of sp³-hybridized carbons (Fsp3) is 0.522. The molecule has 0 radical (unpaired) electrons. The Labute approximate surface area is 188 Å². The number of hydrogen-bond donors (Lipinski definition) is 1. The van der Waals surface area contributed by atoms with E-state index >= 15 is 0 Å². The van der Waals surface area contributed by atoms with E-state index < -0.39 is 0 Å². The molecular weight excluding hydrogens is 408 g/mol. The maximum Gasteiger partial charge on any atom is 0.248 e. The molecule has 1 N–H and O–H groups in total. The Morgan fingerprint density at radius 3 is 2.94 bits per heavy atom. The number of aryl methyl sites for hydroxylation is 1. The molecule has 0 bridgehead atoms. The number of nitrogens with zero attached hydrogens (tertiary/aromatic N) is 5. The van der Waals surface area contributed by atoms with Crippen LogP contribution in [0.5, 0.6) is 0 Å². The van der Waals surface area contributed by atoms with Crippen LogP contribution in [0.3, 0.4) is 0 Å². The average molecular weight is 439 g/mol. The Hall–Kier alpha value is -3.07. The first-order valence-corrected chi connectivity index (χ1v) is 11.2. The summed E-state index contributed by atoms with van der Waals surface area (Å²) in [6.45, 7) is 5.13. The smallest absolute Gasteiger partial charge is 0.248 e. The van der Waals surface area contributed by atoms with Gasteiger partial charge in [-0.15, -0.1) is 0 Å². The predicted molar refractivity (Wildman–Crippen MR) is 119 cm³/mol. The summed E-state index contributed by atoms with van der Waals surface area (Å²) in [6, 6.07) is 4.01. The van der Waals surface area contributed by atoms with E-state index in [1.807, 2.05) is 24.0 Å². The van der Waals surface area contributed by atoms with Crippen molar-refractivity contribution < 1.29 is 14.3 Å². The molecular formula is C23H30N6O3. The summed E-state index contributed by atoms with van der Waals surface area (Å²) < 4.78 is 5.58. The van der Waals surface area contributed by atoms with Gasteiger partial charge in [0.2, 0.25) is 11.8 Å². The number of nitrogens with one attached hydrogen (secondary N) is 1. The number of carbonyl (C=O) groups is 2. The fourth-order valence-corrected chi connectivity index (χ4v) is 4.30. The summed E-state index contributed by atoms with van der Waals surface area (Å²) in [5.74, 6) is 1.03. The summed E-state index contributed by atoms with van der Waals surface area (Å²) in [6.07, 6.45) is 8.41. The zero-order chi connectivity index (χ0) is 22.3. The lowest BCUT2D eigenvalue weighted by molar-refractivity contribution is -0.137. The van der Waals surface area contributed by atoms with Crippen molar-refractivity contribution in [2.45, 2.75) is 38.5 Å². The van der Waals surface area contributed by atoms with Crippen molar-refractivity contribution in [3.05, 3.63) is 42.1 Å². The molecule has 2 saturated heterocycles. The summed E-state index contributed by atoms with van der Waals surface area (Å²) in [5.41, 5.74) is 2.80. The summed E-state index contributed by atoms with van der Waals surface area (Å²) in [5, 5.41) is 3.28. The molecule has 9 nitrogen and oxygen atoms in total. The molecule has 1 atom stereocenters. The first-order chi connectivity index (χ1) is 15.6. The van der Waals surface area contributed by atoms with E-state index in [0.717, 1.165) is 49.4 Å². The molecule has 4 rings (SSSR count). The number of hydrogen-bond acceptors (Lipinski definition) is 7. The molecule has 0 aromatic carbocycles. The SMILES string of the molecule is Cc1cc(Nc2cnccn2)cc([C@H]2CCCN(C(=O)COCCN3CCCC3=O)C2)n1. The highest BCUT2D eigenvalue weighted by atomic mass is 16.5. The highest BCUT2D eigenvalue weighted by Crippen LogP contribution is 2.28. The van der Waals surface area contributed by atoms with Gasteiger partial charge < -0.3 is 19.9 Å². The van der Waals surface area contributed by atoms with Crippen molar-refractivity contribution in [2.75, 3.05) is 44.7 Å². The summed E-state index contributed by atoms with van der Waals surface area (Å²) in [4.78, 5) is 41.1. The van der Waals surface area contributed by atoms with Crippen molar-refractivity contribution in [3.63, 3.8) is 0 Å². The van der Waals surface area contributed by atoms with E-state index in [1.54, 1.807) is 23.5 Å². The number of likely N-dealkylation sites (tertiary alicyclic amines) is 2. The lowest BCUT2D eigenvalue weighted by Gasteiger charge is -2.32. The Bertz CT molecular complexity index is 939. The minimum Gasteiger partial charge on any atom is -0.370 e. The molecule has 2 fully saturated rings. The van der Waals surface area contributed by atoms with E-state index in [1.165, 1.54) is 0 Å². The number of carbonyl (C=O) groups excluding carboxylic acids is 2. The minimum atomic E-state index is -0.00647. The molecule has 170 valence electrons. The second kappa shape index (κ2) is 10.5. The molecule has 0 aliphatic carbocycles. The fourth-order valence-electron chi connectivity index (χ4n) is 4.30. The molecule has 4 heterocycles. The van der Waals surface area contributed by atoms with Gasteiger partial charge in [0.05, 0.1) is 12.8 Å². The molecule has 0 spiro atoms. The van der Waals surface area contributed by atoms with Crippen molar-refractivity contribution in [1.29, 1.82) is 0 Å². The first-order valence-electron chi connectivity index (χ1n) is 11.2. The number of pyridine rings is 1. The lowest BCUT2D eigenvalue weighted by atomic mass is 9.93. The third kappa shape index (κ3) is 5.79. The number of amides is 2. The van der Waals surface area contributed by atoms with E-state index in [0.29, 0.717) is 31.9 Å². The average Bonchev–Trinajstić information content (AvgIpc) is 3.21. The second-order valence-corrected chi connectivity index (χ2v) is 8.35. The van der Waals surface area contributed by atoms with Crippen molar-refractivity contribution >= 4 is 23.3 Å². The molecule has 2 aromatic heterocycles. The normalized spacial score (nSPS) is 18.8. The second-order valence-electron chi connectivity index (χ2n) is 8.35. The minimum absolute atomic E-state index is 0.00647. The van der Waals surface area contributed by atoms with Crippen LogP contribution < -0.4 is 5.32 Å². The van der Waals surface area contributed by atoms with Crippen LogP contribution in [-0.4, -0.2) is 76.0 Å². The lowest BCUT2D eigenvalue weighted by Crippen LogP contribution is -2.41. The van der Waals surface area contributed by atoms with Crippen molar-refractivity contribution in [1.82, 2.24) is 24.8 Å². The number of piperidine rings is 1. The van der Waals surface area contributed by atoms with Crippen LogP contribution in [0, 0.1) is 6.92 Å². The van der Waals surface area contributed by atoms with Gasteiger partial charge in [-0.3, -0.25) is 19.6 Å². The first kappa shape index (κ1) is 22.1. The maximum absolute atomic E-state index is 12.7. The molecule has 2 aliphatic rings. The Morgan fingerprint density at radius 2 is 2.16 bits per heavy atom. The predicted octanol–water partition coefficient (Wildman–Crippen LogP) is 2.27. The highest BCUT2D eigenvalue weighted by molar-refractivity contribution is 5.78. The molecule has 0 saturated carbocycles. The van der Waals surface area contributed by atoms with Gasteiger partial charge >= 0.3 is 0 Å². The van der Waals surface area contributed by atoms with Gasteiger partial charge in [-0.1, -0.05) is 0 Å². The van der Waals surface area contributed by atoms with Crippen LogP contribution in [0.2, 0.25) is 0 Å². The van der Waals surface area contributed by atoms with E-state index in [-0.39, 0.29) is 24.3 Å².